The van der Waals surface area contributed by atoms with Crippen LogP contribution in [0, 0.1) is 0 Å². The Morgan fingerprint density at radius 2 is 1.89 bits per heavy atom. The maximum Gasteiger partial charge on any atom is 0.361 e. The van der Waals surface area contributed by atoms with E-state index in [0.717, 1.165) is 16.9 Å². The normalized spacial score (nSPS) is 17.5. The van der Waals surface area contributed by atoms with Crippen LogP contribution in [0.3, 0.4) is 0 Å². The highest BCUT2D eigenvalue weighted by Gasteiger charge is 2.39. The Balaban J connectivity index is 1.80. The molecule has 2 heterocycles. The molecule has 0 fully saturated rings. The lowest BCUT2D eigenvalue weighted by Gasteiger charge is -2.24. The first kappa shape index (κ1) is 18.6. The van der Waals surface area contributed by atoms with E-state index in [1.54, 1.807) is 0 Å². The maximum atomic E-state index is 12.7. The van der Waals surface area contributed by atoms with Gasteiger partial charge in [0.1, 0.15) is 0 Å². The van der Waals surface area contributed by atoms with E-state index >= 15 is 0 Å². The second kappa shape index (κ2) is 6.83. The Bertz CT molecular complexity index is 936. The van der Waals surface area contributed by atoms with Gasteiger partial charge in [-0.3, -0.25) is 4.79 Å². The van der Waals surface area contributed by atoms with Gasteiger partial charge >= 0.3 is 5.97 Å². The summed E-state index contributed by atoms with van der Waals surface area (Å²) in [7, 11) is 1.92. The molecule has 1 aromatic carbocycles. The molecule has 1 atom stereocenters. The number of ether oxygens (including phenoxy) is 1. The number of anilines is 2. The van der Waals surface area contributed by atoms with E-state index < -0.39 is 12.1 Å². The van der Waals surface area contributed by atoms with Crippen molar-refractivity contribution in [3.8, 4) is 0 Å². The third-order valence-electron chi connectivity index (χ3n) is 4.82. The van der Waals surface area contributed by atoms with E-state index in [1.165, 1.54) is 25.4 Å². The summed E-state index contributed by atoms with van der Waals surface area (Å²) in [5, 5.41) is 0. The smallest absolute Gasteiger partial charge is 0.361 e. The van der Waals surface area contributed by atoms with Gasteiger partial charge in [0.25, 0.3) is 0 Å². The number of nitrogens with zero attached hydrogens (tertiary/aromatic N) is 3. The first-order chi connectivity index (χ1) is 12.7. The van der Waals surface area contributed by atoms with E-state index in [-0.39, 0.29) is 22.7 Å². The number of hydrogen-bond donors (Lipinski definition) is 1. The number of aromatic nitrogens is 2. The number of nitrogens with two attached hydrogens (primary N) is 1. The molecule has 2 N–H and O–H groups in total. The number of fused-ring (bicyclic) bond motifs is 1. The van der Waals surface area contributed by atoms with Gasteiger partial charge in [-0.05, 0) is 18.6 Å². The molecular formula is C20H22N4O3. The molecule has 1 aliphatic rings. The molecule has 0 bridgehead atoms. The van der Waals surface area contributed by atoms with Crippen LogP contribution in [0.2, 0.25) is 0 Å². The monoisotopic (exact) mass is 366 g/mol. The third-order valence-corrected chi connectivity index (χ3v) is 4.82. The number of hydrogen-bond acceptors (Lipinski definition) is 7. The van der Waals surface area contributed by atoms with Gasteiger partial charge in [-0.2, -0.15) is 0 Å². The van der Waals surface area contributed by atoms with Crippen LogP contribution >= 0.6 is 0 Å². The quantitative estimate of drug-likeness (QED) is 0.655. The number of nitrogen functional groups attached to an aromatic ring is 1. The molecule has 0 aliphatic carbocycles. The van der Waals surface area contributed by atoms with Crippen LogP contribution in [0.4, 0.5) is 11.5 Å². The van der Waals surface area contributed by atoms with Crippen molar-refractivity contribution >= 4 is 23.3 Å². The second-order valence-corrected chi connectivity index (χ2v) is 6.97. The van der Waals surface area contributed by atoms with Crippen LogP contribution in [0.15, 0.2) is 48.4 Å². The van der Waals surface area contributed by atoms with Gasteiger partial charge in [-0.1, -0.05) is 32.0 Å². The average Bonchev–Trinajstić information content (AvgIpc) is 2.83. The zero-order valence-corrected chi connectivity index (χ0v) is 15.8. The lowest BCUT2D eigenvalue weighted by atomic mass is 9.83. The van der Waals surface area contributed by atoms with Gasteiger partial charge in [0.2, 0.25) is 0 Å². The zero-order chi connectivity index (χ0) is 19.8. The van der Waals surface area contributed by atoms with Gasteiger partial charge in [0, 0.05) is 42.3 Å². The molecule has 1 aliphatic heterocycles. The van der Waals surface area contributed by atoms with Crippen molar-refractivity contribution in [1.29, 1.82) is 0 Å². The van der Waals surface area contributed by atoms with Crippen molar-refractivity contribution in [3.05, 3.63) is 59.7 Å². The molecule has 0 saturated carbocycles. The minimum Gasteiger partial charge on any atom is -0.449 e. The lowest BCUT2D eigenvalue weighted by Crippen LogP contribution is -2.28. The fourth-order valence-corrected chi connectivity index (χ4v) is 3.29. The Kier molecular flexibility index (Phi) is 4.70. The Morgan fingerprint density at radius 3 is 2.56 bits per heavy atom. The average molecular weight is 366 g/mol. The largest absolute Gasteiger partial charge is 0.449 e. The van der Waals surface area contributed by atoms with Crippen molar-refractivity contribution in [3.63, 3.8) is 0 Å². The fourth-order valence-electron chi connectivity index (χ4n) is 3.29. The molecule has 1 aromatic heterocycles. The van der Waals surface area contributed by atoms with Crippen LogP contribution < -0.4 is 10.6 Å². The van der Waals surface area contributed by atoms with Gasteiger partial charge in [0.15, 0.2) is 23.4 Å². The van der Waals surface area contributed by atoms with Crippen molar-refractivity contribution in [2.45, 2.75) is 32.3 Å². The summed E-state index contributed by atoms with van der Waals surface area (Å²) in [6.07, 6.45) is 3.28. The zero-order valence-electron chi connectivity index (χ0n) is 15.8. The SMILES string of the molecule is CC(OC(=O)c1nccnc1N)C(=O)/C=C1/N(C)c2ccccc2C1(C)C. The highest BCUT2D eigenvalue weighted by molar-refractivity contribution is 5.99. The van der Waals surface area contributed by atoms with Crippen LogP contribution in [0.5, 0.6) is 0 Å². The van der Waals surface area contributed by atoms with E-state index in [0.29, 0.717) is 0 Å². The van der Waals surface area contributed by atoms with Gasteiger partial charge in [-0.15, -0.1) is 0 Å². The molecule has 7 heteroatoms. The molecule has 0 spiro atoms. The first-order valence-electron chi connectivity index (χ1n) is 8.60. The van der Waals surface area contributed by atoms with E-state index in [2.05, 4.69) is 29.9 Å². The second-order valence-electron chi connectivity index (χ2n) is 6.97. The van der Waals surface area contributed by atoms with Crippen LogP contribution in [-0.4, -0.2) is 34.9 Å². The summed E-state index contributed by atoms with van der Waals surface area (Å²) in [6.45, 7) is 5.65. The number of para-hydroxylation sites is 1. The number of carbonyl (C=O) groups is 2. The number of allylic oxidation sites excluding steroid dienone is 1. The lowest BCUT2D eigenvalue weighted by molar-refractivity contribution is -0.122. The van der Waals surface area contributed by atoms with Gasteiger partial charge in [-0.25, -0.2) is 14.8 Å². The molecule has 1 unspecified atom stereocenters. The number of carbonyl (C=O) groups excluding carboxylic acids is 2. The third kappa shape index (κ3) is 3.28. The van der Waals surface area contributed by atoms with Crippen molar-refractivity contribution in [1.82, 2.24) is 9.97 Å². The molecule has 27 heavy (non-hydrogen) atoms. The first-order valence-corrected chi connectivity index (χ1v) is 8.60. The summed E-state index contributed by atoms with van der Waals surface area (Å²) in [5.41, 5.74) is 8.23. The summed E-state index contributed by atoms with van der Waals surface area (Å²) in [6, 6.07) is 8.01. The number of esters is 1. The van der Waals surface area contributed by atoms with Crippen LogP contribution in [0.1, 0.15) is 36.8 Å². The summed E-state index contributed by atoms with van der Waals surface area (Å²) in [4.78, 5) is 34.5. The maximum absolute atomic E-state index is 12.7. The number of benzene rings is 1. The number of rotatable bonds is 4. The van der Waals surface area contributed by atoms with Gasteiger partial charge in [0.05, 0.1) is 0 Å². The Hall–Kier alpha value is -3.22. The number of likely N-dealkylation sites (N-methyl/N-ethyl adjacent to an activating group) is 1. The highest BCUT2D eigenvalue weighted by atomic mass is 16.5. The highest BCUT2D eigenvalue weighted by Crippen LogP contribution is 2.46. The molecule has 0 radical (unpaired) electrons. The minimum absolute atomic E-state index is 0.0346. The van der Waals surface area contributed by atoms with E-state index in [9.17, 15) is 9.59 Å². The van der Waals surface area contributed by atoms with Crippen molar-refractivity contribution in [2.24, 2.45) is 0 Å². The summed E-state index contributed by atoms with van der Waals surface area (Å²) >= 11 is 0. The molecule has 0 amide bonds. The van der Waals surface area contributed by atoms with E-state index in [1.807, 2.05) is 30.1 Å². The van der Waals surface area contributed by atoms with Gasteiger partial charge < -0.3 is 15.4 Å². The molecule has 140 valence electrons. The van der Waals surface area contributed by atoms with Crippen molar-refractivity contribution in [2.75, 3.05) is 17.7 Å². The Labute approximate surface area is 157 Å². The standard InChI is InChI=1S/C20H22N4O3/c1-12(27-19(26)17-18(21)23-10-9-22-17)15(25)11-16-20(2,3)13-7-5-6-8-14(13)24(16)4/h5-12H,1-4H3,(H2,21,23)/b16-11+. The van der Waals surface area contributed by atoms with Crippen LogP contribution in [-0.2, 0) is 14.9 Å². The predicted octanol–water partition coefficient (Wildman–Crippen LogP) is 2.48. The Morgan fingerprint density at radius 1 is 1.22 bits per heavy atom. The predicted molar refractivity (Wildman–Crippen MR) is 102 cm³/mol. The molecular weight excluding hydrogens is 344 g/mol. The topological polar surface area (TPSA) is 98.4 Å². The minimum atomic E-state index is -0.973. The van der Waals surface area contributed by atoms with E-state index in [4.69, 9.17) is 10.5 Å². The molecule has 2 aromatic rings. The van der Waals surface area contributed by atoms with Crippen LogP contribution in [0.25, 0.3) is 0 Å². The summed E-state index contributed by atoms with van der Waals surface area (Å²) < 4.78 is 5.24. The molecule has 7 nitrogen and oxygen atoms in total. The fraction of sp³-hybridized carbons (Fsp3) is 0.300. The molecule has 3 rings (SSSR count). The molecule has 0 saturated heterocycles. The summed E-state index contributed by atoms with van der Waals surface area (Å²) in [5.74, 6) is -1.12. The van der Waals surface area contributed by atoms with Crippen molar-refractivity contribution < 1.29 is 14.3 Å². The number of ketones is 1.